The molecule has 1 saturated heterocycles. The lowest BCUT2D eigenvalue weighted by atomic mass is 10.1. The first-order chi connectivity index (χ1) is 11.9. The van der Waals surface area contributed by atoms with Gasteiger partial charge in [0, 0.05) is 46.1 Å². The highest BCUT2D eigenvalue weighted by Crippen LogP contribution is 2.20. The summed E-state index contributed by atoms with van der Waals surface area (Å²) in [7, 11) is -3.42. The second-order valence-corrected chi connectivity index (χ2v) is 8.39. The van der Waals surface area contributed by atoms with E-state index in [1.54, 1.807) is 23.4 Å². The summed E-state index contributed by atoms with van der Waals surface area (Å²) in [5.41, 5.74) is 2.09. The molecule has 2 aromatic rings. The van der Waals surface area contributed by atoms with E-state index in [4.69, 9.17) is 4.42 Å². The molecular weight excluding hydrogens is 340 g/mol. The summed E-state index contributed by atoms with van der Waals surface area (Å²) in [6.45, 7) is 8.89. The Bertz CT molecular complexity index is 839. The molecule has 0 amide bonds. The van der Waals surface area contributed by atoms with Crippen molar-refractivity contribution in [2.45, 2.75) is 32.1 Å². The maximum atomic E-state index is 12.8. The Morgan fingerprint density at radius 2 is 1.76 bits per heavy atom. The van der Waals surface area contributed by atoms with E-state index in [2.05, 4.69) is 15.1 Å². The summed E-state index contributed by atoms with van der Waals surface area (Å²) in [4.78, 5) is 2.61. The smallest absolute Gasteiger partial charge is 0.243 e. The van der Waals surface area contributed by atoms with Crippen LogP contribution >= 0.6 is 0 Å². The number of nitrogens with zero attached hydrogens (tertiary/aromatic N) is 4. The molecule has 0 N–H and O–H groups in total. The fourth-order valence-corrected chi connectivity index (χ4v) is 4.42. The third kappa shape index (κ3) is 4.08. The number of sulfonamides is 1. The zero-order chi connectivity index (χ0) is 18.0. The third-order valence-corrected chi connectivity index (χ3v) is 6.55. The minimum absolute atomic E-state index is 0.380. The number of aromatic nitrogens is 2. The van der Waals surface area contributed by atoms with Crippen LogP contribution in [0.3, 0.4) is 0 Å². The van der Waals surface area contributed by atoms with E-state index in [-0.39, 0.29) is 0 Å². The summed E-state index contributed by atoms with van der Waals surface area (Å²) in [5, 5.41) is 7.81. The van der Waals surface area contributed by atoms with Gasteiger partial charge in [0.15, 0.2) is 0 Å². The number of hydrogen-bond acceptors (Lipinski definition) is 6. The van der Waals surface area contributed by atoms with Crippen molar-refractivity contribution in [3.05, 3.63) is 41.1 Å². The lowest BCUT2D eigenvalue weighted by Crippen LogP contribution is -2.49. The van der Waals surface area contributed by atoms with Gasteiger partial charge in [-0.3, -0.25) is 0 Å². The first-order valence-electron chi connectivity index (χ1n) is 8.45. The van der Waals surface area contributed by atoms with E-state index in [9.17, 15) is 8.42 Å². The quantitative estimate of drug-likeness (QED) is 0.801. The average molecular weight is 364 g/mol. The van der Waals surface area contributed by atoms with E-state index >= 15 is 0 Å². The van der Waals surface area contributed by atoms with Gasteiger partial charge in [-0.05, 0) is 37.1 Å². The predicted molar refractivity (Wildman–Crippen MR) is 93.9 cm³/mol. The zero-order valence-electron chi connectivity index (χ0n) is 14.9. The van der Waals surface area contributed by atoms with Gasteiger partial charge in [-0.1, -0.05) is 6.07 Å². The standard InChI is InChI=1S/C17H24N4O3S/c1-13-4-5-16(12-14(13)2)25(22,23)21-10-8-20(9-11-21)7-6-17-19-18-15(3)24-17/h4-5,12H,6-11H2,1-3H3. The van der Waals surface area contributed by atoms with Crippen molar-refractivity contribution < 1.29 is 12.8 Å². The van der Waals surface area contributed by atoms with E-state index in [0.29, 0.717) is 49.3 Å². The molecular formula is C17H24N4O3S. The van der Waals surface area contributed by atoms with E-state index in [1.807, 2.05) is 19.9 Å². The molecule has 3 rings (SSSR count). The predicted octanol–water partition coefficient (Wildman–Crippen LogP) is 1.54. The van der Waals surface area contributed by atoms with Crippen LogP contribution in [0.2, 0.25) is 0 Å². The number of hydrogen-bond donors (Lipinski definition) is 0. The monoisotopic (exact) mass is 364 g/mol. The molecule has 0 saturated carbocycles. The molecule has 1 aliphatic heterocycles. The molecule has 8 heteroatoms. The summed E-state index contributed by atoms with van der Waals surface area (Å²) >= 11 is 0. The molecule has 0 atom stereocenters. The van der Waals surface area contributed by atoms with E-state index in [1.165, 1.54) is 0 Å². The number of piperazine rings is 1. The number of benzene rings is 1. The Kier molecular flexibility index (Phi) is 5.21. The second-order valence-electron chi connectivity index (χ2n) is 6.46. The van der Waals surface area contributed by atoms with Crippen molar-refractivity contribution in [1.82, 2.24) is 19.4 Å². The van der Waals surface area contributed by atoms with Gasteiger partial charge in [-0.2, -0.15) is 4.31 Å². The highest BCUT2D eigenvalue weighted by molar-refractivity contribution is 7.89. The van der Waals surface area contributed by atoms with Crippen LogP contribution in [0.15, 0.2) is 27.5 Å². The molecule has 0 aliphatic carbocycles. The van der Waals surface area contributed by atoms with Crippen LogP contribution in [0.1, 0.15) is 22.9 Å². The van der Waals surface area contributed by atoms with Crippen LogP contribution < -0.4 is 0 Å². The molecule has 0 bridgehead atoms. The Morgan fingerprint density at radius 3 is 2.36 bits per heavy atom. The molecule has 7 nitrogen and oxygen atoms in total. The van der Waals surface area contributed by atoms with Gasteiger partial charge in [0.05, 0.1) is 4.90 Å². The molecule has 1 fully saturated rings. The van der Waals surface area contributed by atoms with Crippen LogP contribution in [-0.2, 0) is 16.4 Å². The summed E-state index contributed by atoms with van der Waals surface area (Å²) in [6.07, 6.45) is 0.685. The topological polar surface area (TPSA) is 79.5 Å². The van der Waals surface area contributed by atoms with Crippen molar-refractivity contribution in [2.75, 3.05) is 32.7 Å². The summed E-state index contributed by atoms with van der Waals surface area (Å²) < 4.78 is 32.6. The first kappa shape index (κ1) is 18.0. The minimum Gasteiger partial charge on any atom is -0.426 e. The molecule has 1 aromatic carbocycles. The van der Waals surface area contributed by atoms with Crippen LogP contribution in [0, 0.1) is 20.8 Å². The van der Waals surface area contributed by atoms with Crippen LogP contribution in [-0.4, -0.2) is 60.5 Å². The van der Waals surface area contributed by atoms with E-state index < -0.39 is 10.0 Å². The van der Waals surface area contributed by atoms with E-state index in [0.717, 1.165) is 17.7 Å². The van der Waals surface area contributed by atoms with Gasteiger partial charge < -0.3 is 9.32 Å². The average Bonchev–Trinajstić information content (AvgIpc) is 3.01. The molecule has 2 heterocycles. The SMILES string of the molecule is Cc1nnc(CCN2CCN(S(=O)(=O)c3ccc(C)c(C)c3)CC2)o1. The van der Waals surface area contributed by atoms with Gasteiger partial charge in [0.2, 0.25) is 21.8 Å². The molecule has 1 aliphatic rings. The molecule has 0 spiro atoms. The summed E-state index contributed by atoms with van der Waals surface area (Å²) in [6, 6.07) is 5.32. The first-order valence-corrected chi connectivity index (χ1v) is 9.89. The van der Waals surface area contributed by atoms with Crippen LogP contribution in [0.25, 0.3) is 0 Å². The largest absolute Gasteiger partial charge is 0.426 e. The van der Waals surface area contributed by atoms with Crippen molar-refractivity contribution >= 4 is 10.0 Å². The molecule has 25 heavy (non-hydrogen) atoms. The maximum Gasteiger partial charge on any atom is 0.243 e. The molecule has 0 unspecified atom stereocenters. The lowest BCUT2D eigenvalue weighted by Gasteiger charge is -2.33. The second kappa shape index (κ2) is 7.23. The minimum atomic E-state index is -3.42. The Hall–Kier alpha value is -1.77. The highest BCUT2D eigenvalue weighted by Gasteiger charge is 2.28. The van der Waals surface area contributed by atoms with Gasteiger partial charge in [-0.25, -0.2) is 8.42 Å². The van der Waals surface area contributed by atoms with Crippen molar-refractivity contribution in [1.29, 1.82) is 0 Å². The van der Waals surface area contributed by atoms with Crippen LogP contribution in [0.4, 0.5) is 0 Å². The number of rotatable bonds is 5. The van der Waals surface area contributed by atoms with Crippen LogP contribution in [0.5, 0.6) is 0 Å². The number of aryl methyl sites for hydroxylation is 3. The zero-order valence-corrected chi connectivity index (χ0v) is 15.7. The molecule has 136 valence electrons. The van der Waals surface area contributed by atoms with Crippen molar-refractivity contribution in [2.24, 2.45) is 0 Å². The van der Waals surface area contributed by atoms with Gasteiger partial charge >= 0.3 is 0 Å². The van der Waals surface area contributed by atoms with Crippen molar-refractivity contribution in [3.8, 4) is 0 Å². The molecule has 0 radical (unpaired) electrons. The molecule has 1 aromatic heterocycles. The Labute approximate surface area is 148 Å². The maximum absolute atomic E-state index is 12.8. The van der Waals surface area contributed by atoms with Gasteiger partial charge in [0.1, 0.15) is 0 Å². The normalized spacial score (nSPS) is 17.1. The lowest BCUT2D eigenvalue weighted by molar-refractivity contribution is 0.186. The van der Waals surface area contributed by atoms with Gasteiger partial charge in [0.25, 0.3) is 0 Å². The summed E-state index contributed by atoms with van der Waals surface area (Å²) in [5.74, 6) is 1.20. The highest BCUT2D eigenvalue weighted by atomic mass is 32.2. The third-order valence-electron chi connectivity index (χ3n) is 4.66. The van der Waals surface area contributed by atoms with Gasteiger partial charge in [-0.15, -0.1) is 10.2 Å². The Morgan fingerprint density at radius 1 is 1.04 bits per heavy atom. The fraction of sp³-hybridized carbons (Fsp3) is 0.529. The Balaban J connectivity index is 1.58. The van der Waals surface area contributed by atoms with Crippen molar-refractivity contribution in [3.63, 3.8) is 0 Å². The fourth-order valence-electron chi connectivity index (χ4n) is 2.91.